The van der Waals surface area contributed by atoms with E-state index in [1.165, 1.54) is 32.2 Å². The first-order valence-corrected chi connectivity index (χ1v) is 15.2. The molecule has 1 amide bonds. The van der Waals surface area contributed by atoms with Gasteiger partial charge in [0.05, 0.1) is 60.7 Å². The summed E-state index contributed by atoms with van der Waals surface area (Å²) in [5, 5.41) is 76.1. The Morgan fingerprint density at radius 2 is 1.74 bits per heavy atom. The van der Waals surface area contributed by atoms with Gasteiger partial charge in [-0.2, -0.15) is 0 Å². The average molecular weight is 700 g/mol. The van der Waals surface area contributed by atoms with Crippen LogP contribution in [0.3, 0.4) is 0 Å². The minimum Gasteiger partial charge on any atom is -0.507 e. The number of hydrogen-bond acceptors (Lipinski definition) is 14. The summed E-state index contributed by atoms with van der Waals surface area (Å²) in [6.45, 7) is -0.0923. The largest absolute Gasteiger partial charge is 0.507 e. The Bertz CT molecular complexity index is 1850. The van der Waals surface area contributed by atoms with Gasteiger partial charge in [0.25, 0.3) is 0 Å². The molecule has 2 aromatic rings. The Kier molecular flexibility index (Phi) is 9.82. The summed E-state index contributed by atoms with van der Waals surface area (Å²) in [4.78, 5) is 75.9. The molecule has 1 heterocycles. The van der Waals surface area contributed by atoms with Gasteiger partial charge < -0.3 is 55.3 Å². The summed E-state index contributed by atoms with van der Waals surface area (Å²) in [5.41, 5.74) is -5.47. The monoisotopic (exact) mass is 699 g/mol. The maximum atomic E-state index is 13.9. The summed E-state index contributed by atoms with van der Waals surface area (Å²) in [6, 6.07) is 2.75. The molecule has 1 aliphatic heterocycles. The number of aliphatic carboxylic acids is 2. The van der Waals surface area contributed by atoms with Gasteiger partial charge in [0.2, 0.25) is 11.7 Å². The second kappa shape index (κ2) is 13.6. The van der Waals surface area contributed by atoms with Crippen LogP contribution in [-0.2, 0) is 35.1 Å². The summed E-state index contributed by atoms with van der Waals surface area (Å²) in [6.07, 6.45) is -7.41. The second-order valence-electron chi connectivity index (χ2n) is 12.1. The first kappa shape index (κ1) is 36.1. The molecule has 2 aromatic carbocycles. The summed E-state index contributed by atoms with van der Waals surface area (Å²) >= 11 is 0. The highest BCUT2D eigenvalue weighted by Crippen LogP contribution is 2.52. The molecule has 6 atom stereocenters. The van der Waals surface area contributed by atoms with Gasteiger partial charge in [-0.15, -0.1) is 0 Å². The van der Waals surface area contributed by atoms with Gasteiger partial charge in [-0.05, 0) is 13.0 Å². The molecule has 0 saturated carbocycles. The lowest BCUT2D eigenvalue weighted by atomic mass is 9.71. The number of methoxy groups -OCH3 is 1. The Morgan fingerprint density at radius 1 is 1.06 bits per heavy atom. The molecule has 0 radical (unpaired) electrons. The van der Waals surface area contributed by atoms with Crippen LogP contribution in [0.1, 0.15) is 68.8 Å². The van der Waals surface area contributed by atoms with Crippen molar-refractivity contribution in [2.75, 3.05) is 20.3 Å². The fourth-order valence-corrected chi connectivity index (χ4v) is 6.58. The van der Waals surface area contributed by atoms with Crippen LogP contribution in [0.5, 0.6) is 17.2 Å². The third kappa shape index (κ3) is 6.20. The van der Waals surface area contributed by atoms with Crippen molar-refractivity contribution in [1.82, 2.24) is 5.32 Å². The minimum absolute atomic E-state index is 0.00309. The zero-order chi connectivity index (χ0) is 36.8. The van der Waals surface area contributed by atoms with Crippen LogP contribution in [0.25, 0.3) is 0 Å². The van der Waals surface area contributed by atoms with Crippen LogP contribution in [0.15, 0.2) is 29.8 Å². The molecular formula is C33H33NO16. The number of phenolic OH excluding ortho intramolecular Hbond substituents is 2. The Morgan fingerprint density at radius 3 is 2.36 bits per heavy atom. The van der Waals surface area contributed by atoms with Crippen molar-refractivity contribution in [3.63, 3.8) is 0 Å². The number of amides is 1. The SMILES string of the molecule is COc1cccc2c1C(=O)c1c(O)c3c(c(O)c1C2=O)C[C@@](O)(C(=O)CO)C[C@@H]3OC1COC(C)C(O)C1NC(=O)/C=C(/CC(=O)O)C(=O)O. The highest BCUT2D eigenvalue weighted by atomic mass is 16.6. The second-order valence-corrected chi connectivity index (χ2v) is 12.1. The van der Waals surface area contributed by atoms with Crippen LogP contribution in [0.2, 0.25) is 0 Å². The highest BCUT2D eigenvalue weighted by Gasteiger charge is 2.51. The third-order valence-electron chi connectivity index (χ3n) is 9.08. The number of nitrogens with one attached hydrogen (secondary N) is 1. The smallest absolute Gasteiger partial charge is 0.332 e. The van der Waals surface area contributed by atoms with E-state index in [0.29, 0.717) is 6.08 Å². The number of Topliss-reactive ketones (excluding diaryl/α,β-unsaturated/α-hetero) is 1. The molecule has 266 valence electrons. The van der Waals surface area contributed by atoms with Gasteiger partial charge in [-0.25, -0.2) is 4.79 Å². The fraction of sp³-hybridized carbons (Fsp3) is 0.394. The number of carboxylic acids is 2. The zero-order valence-electron chi connectivity index (χ0n) is 26.5. The summed E-state index contributed by atoms with van der Waals surface area (Å²) in [5.74, 6) is -8.90. The molecule has 17 heteroatoms. The van der Waals surface area contributed by atoms with Gasteiger partial charge in [0, 0.05) is 35.6 Å². The zero-order valence-corrected chi connectivity index (χ0v) is 26.5. The first-order valence-electron chi connectivity index (χ1n) is 15.2. The van der Waals surface area contributed by atoms with Crippen molar-refractivity contribution in [1.29, 1.82) is 0 Å². The lowest BCUT2D eigenvalue weighted by molar-refractivity contribution is -0.182. The number of ketones is 3. The Balaban J connectivity index is 1.61. The predicted molar refractivity (Wildman–Crippen MR) is 164 cm³/mol. The van der Waals surface area contributed by atoms with Crippen molar-refractivity contribution < 1.29 is 78.7 Å². The molecule has 50 heavy (non-hydrogen) atoms. The molecule has 8 N–H and O–H groups in total. The van der Waals surface area contributed by atoms with Crippen molar-refractivity contribution >= 4 is 35.2 Å². The topological polar surface area (TPSA) is 284 Å². The molecular weight excluding hydrogens is 666 g/mol. The Hall–Kier alpha value is -5.20. The maximum absolute atomic E-state index is 13.9. The molecule has 5 rings (SSSR count). The maximum Gasteiger partial charge on any atom is 0.332 e. The molecule has 3 aliphatic rings. The number of fused-ring (bicyclic) bond motifs is 3. The van der Waals surface area contributed by atoms with E-state index < -0.39 is 125 Å². The summed E-state index contributed by atoms with van der Waals surface area (Å²) in [7, 11) is 1.26. The lowest BCUT2D eigenvalue weighted by Crippen LogP contribution is -2.61. The van der Waals surface area contributed by atoms with Crippen molar-refractivity contribution in [2.24, 2.45) is 0 Å². The van der Waals surface area contributed by atoms with Crippen molar-refractivity contribution in [3.05, 3.63) is 63.2 Å². The number of phenols is 2. The van der Waals surface area contributed by atoms with Gasteiger partial charge in [-0.1, -0.05) is 12.1 Å². The number of carbonyl (C=O) groups is 6. The van der Waals surface area contributed by atoms with E-state index >= 15 is 0 Å². The van der Waals surface area contributed by atoms with Crippen molar-refractivity contribution in [3.8, 4) is 17.2 Å². The van der Waals surface area contributed by atoms with Gasteiger partial charge >= 0.3 is 11.9 Å². The Labute approximate surface area is 282 Å². The third-order valence-corrected chi connectivity index (χ3v) is 9.08. The normalized spacial score (nSPS) is 25.9. The highest BCUT2D eigenvalue weighted by molar-refractivity contribution is 6.31. The molecule has 2 aliphatic carbocycles. The van der Waals surface area contributed by atoms with Crippen LogP contribution in [-0.4, -0.2) is 121 Å². The van der Waals surface area contributed by atoms with E-state index in [-0.39, 0.29) is 34.6 Å². The molecule has 4 unspecified atom stereocenters. The van der Waals surface area contributed by atoms with Gasteiger partial charge in [0.1, 0.15) is 41.7 Å². The average Bonchev–Trinajstić information content (AvgIpc) is 3.06. The van der Waals surface area contributed by atoms with Crippen LogP contribution >= 0.6 is 0 Å². The number of benzene rings is 2. The number of carbonyl (C=O) groups excluding carboxylic acids is 4. The standard InChI is InChI=1S/C33H33NO16/c1-12-27(40)26(34-20(37)6-13(32(45)46)7-21(38)39)18(11-49-12)50-17-9-33(47,19(36)10-35)8-15-23(17)31(44)25-24(29(15)42)28(41)14-4-3-5-16(48-2)22(14)30(25)43/h3-6,12,17-18,26-27,35,40,42,44,47H,7-11H2,1-2H3,(H,34,37)(H,38,39)(H,45,46)/b13-6-/t12?,17-,18?,26?,27?,33-/m0/s1. The summed E-state index contributed by atoms with van der Waals surface area (Å²) < 4.78 is 17.0. The van der Waals surface area contributed by atoms with Gasteiger partial charge in [-0.3, -0.25) is 24.0 Å². The number of aliphatic hydroxyl groups is 3. The molecule has 17 nitrogen and oxygen atoms in total. The quantitative estimate of drug-likeness (QED) is 0.0959. The number of aliphatic hydroxyl groups excluding tert-OH is 2. The van der Waals surface area contributed by atoms with Crippen LogP contribution in [0, 0.1) is 0 Å². The molecule has 0 aromatic heterocycles. The first-order chi connectivity index (χ1) is 23.5. The van der Waals surface area contributed by atoms with Gasteiger partial charge in [0.15, 0.2) is 11.6 Å². The van der Waals surface area contributed by atoms with E-state index in [9.17, 15) is 59.4 Å². The number of rotatable bonds is 10. The number of aromatic hydroxyl groups is 2. The van der Waals surface area contributed by atoms with Crippen LogP contribution in [0.4, 0.5) is 0 Å². The van der Waals surface area contributed by atoms with E-state index in [4.69, 9.17) is 19.3 Å². The molecule has 0 bridgehead atoms. The predicted octanol–water partition coefficient (Wildman–Crippen LogP) is -0.703. The minimum atomic E-state index is -2.45. The van der Waals surface area contributed by atoms with E-state index in [0.717, 1.165) is 0 Å². The van der Waals surface area contributed by atoms with E-state index in [2.05, 4.69) is 5.32 Å². The van der Waals surface area contributed by atoms with Crippen molar-refractivity contribution in [2.45, 2.75) is 62.2 Å². The molecule has 1 fully saturated rings. The van der Waals surface area contributed by atoms with Crippen LogP contribution < -0.4 is 10.1 Å². The number of ether oxygens (including phenoxy) is 3. The molecule has 0 spiro atoms. The number of hydrogen-bond donors (Lipinski definition) is 8. The van der Waals surface area contributed by atoms with E-state index in [1.807, 2.05) is 0 Å². The fourth-order valence-electron chi connectivity index (χ4n) is 6.58. The lowest BCUT2D eigenvalue weighted by Gasteiger charge is -2.44. The molecule has 1 saturated heterocycles. The van der Waals surface area contributed by atoms with E-state index in [1.54, 1.807) is 0 Å². The number of carboxylic acid groups (broad SMARTS) is 2.